The van der Waals surface area contributed by atoms with Gasteiger partial charge in [0.05, 0.1) is 0 Å². The zero-order valence-electron chi connectivity index (χ0n) is 11.9. The molecular formula is C14H22NO4P. The lowest BCUT2D eigenvalue weighted by Gasteiger charge is -2.24. The summed E-state index contributed by atoms with van der Waals surface area (Å²) in [5.74, 6) is -2.89. The van der Waals surface area contributed by atoms with Gasteiger partial charge >= 0.3 is 0 Å². The third-order valence-electron chi connectivity index (χ3n) is 3.24. The summed E-state index contributed by atoms with van der Waals surface area (Å²) in [4.78, 5) is 21.3. The van der Waals surface area contributed by atoms with Crippen LogP contribution in [0.5, 0.6) is 0 Å². The predicted octanol–water partition coefficient (Wildman–Crippen LogP) is 0.610. The Morgan fingerprint density at radius 3 is 2.35 bits per heavy atom. The summed E-state index contributed by atoms with van der Waals surface area (Å²) >= 11 is 0. The number of hydrogen-bond acceptors (Lipinski definition) is 3. The van der Waals surface area contributed by atoms with Gasteiger partial charge in [-0.25, -0.2) is 0 Å². The van der Waals surface area contributed by atoms with Crippen molar-refractivity contribution >= 4 is 13.3 Å². The van der Waals surface area contributed by atoms with Crippen molar-refractivity contribution in [3.63, 3.8) is 0 Å². The molecule has 1 rings (SSSR count). The Hall–Kier alpha value is -1.16. The van der Waals surface area contributed by atoms with Crippen LogP contribution in [-0.4, -0.2) is 17.0 Å². The Kier molecular flexibility index (Phi) is 5.93. The molecule has 112 valence electrons. The van der Waals surface area contributed by atoms with E-state index >= 15 is 0 Å². The van der Waals surface area contributed by atoms with Crippen LogP contribution in [0.2, 0.25) is 0 Å². The summed E-state index contributed by atoms with van der Waals surface area (Å²) in [7, 11) is -3.70. The van der Waals surface area contributed by atoms with Gasteiger partial charge in [-0.05, 0) is 12.3 Å². The molecule has 0 aliphatic carbocycles. The highest BCUT2D eigenvalue weighted by Crippen LogP contribution is 2.53. The standard InChI is InChI=1S/C14H22NO4P/c1-10(2)8-12(14(16)17)9-20(18,19)13(15)11-6-4-3-5-7-11/h3-7,10,12-13H,8-9,15H2,1-2H3,(H,16,17)(H,18,19)/t12-,13+/m1/s1. The lowest BCUT2D eigenvalue weighted by Crippen LogP contribution is -2.54. The summed E-state index contributed by atoms with van der Waals surface area (Å²) in [6.45, 7) is 3.74. The molecule has 0 amide bonds. The molecule has 0 aliphatic rings. The molecule has 0 saturated carbocycles. The highest BCUT2D eigenvalue weighted by molar-refractivity contribution is 7.58. The molecule has 1 unspecified atom stereocenters. The molecule has 4 N–H and O–H groups in total. The van der Waals surface area contributed by atoms with Crippen LogP contribution in [0.4, 0.5) is 0 Å². The molecule has 0 bridgehead atoms. The zero-order chi connectivity index (χ0) is 15.3. The van der Waals surface area contributed by atoms with E-state index in [4.69, 9.17) is 0 Å². The highest BCUT2D eigenvalue weighted by Gasteiger charge is 2.35. The number of carboxylic acids is 1. The molecule has 0 fully saturated rings. The first-order chi connectivity index (χ1) is 9.24. The fraction of sp³-hybridized carbons (Fsp3) is 0.500. The molecule has 20 heavy (non-hydrogen) atoms. The fourth-order valence-corrected chi connectivity index (χ4v) is 3.99. The van der Waals surface area contributed by atoms with Gasteiger partial charge in [0.15, 0.2) is 5.78 Å². The van der Waals surface area contributed by atoms with Crippen LogP contribution in [0.3, 0.4) is 0 Å². The van der Waals surface area contributed by atoms with Crippen LogP contribution < -0.4 is 10.8 Å². The van der Waals surface area contributed by atoms with Crippen molar-refractivity contribution < 1.29 is 25.1 Å². The number of rotatable bonds is 7. The van der Waals surface area contributed by atoms with Gasteiger partial charge in [-0.3, -0.25) is 4.57 Å². The minimum atomic E-state index is -3.70. The molecule has 0 spiro atoms. The maximum absolute atomic E-state index is 12.4. The van der Waals surface area contributed by atoms with Crippen LogP contribution in [0, 0.1) is 11.8 Å². The molecule has 0 heterocycles. The minimum absolute atomic E-state index is 0.123. The van der Waals surface area contributed by atoms with E-state index in [0.717, 1.165) is 0 Å². The second-order valence-corrected chi connectivity index (χ2v) is 8.01. The van der Waals surface area contributed by atoms with E-state index in [1.54, 1.807) is 30.3 Å². The van der Waals surface area contributed by atoms with Crippen molar-refractivity contribution in [1.82, 2.24) is 0 Å². The molecule has 1 aromatic rings. The monoisotopic (exact) mass is 299 g/mol. The van der Waals surface area contributed by atoms with Crippen molar-refractivity contribution in [2.45, 2.75) is 26.1 Å². The van der Waals surface area contributed by atoms with Crippen LogP contribution in [0.1, 0.15) is 31.6 Å². The average molecular weight is 299 g/mol. The average Bonchev–Trinajstić information content (AvgIpc) is 2.37. The first kappa shape index (κ1) is 16.9. The smallest absolute Gasteiger partial charge is 0.261 e. The first-order valence-corrected chi connectivity index (χ1v) is 8.55. The maximum Gasteiger partial charge on any atom is 0.261 e. The maximum atomic E-state index is 12.4. The number of benzene rings is 1. The molecule has 1 aromatic carbocycles. The third-order valence-corrected chi connectivity index (χ3v) is 5.48. The number of carboxylic acid groups (broad SMARTS) is 1. The van der Waals surface area contributed by atoms with Gasteiger partial charge in [0.25, 0.3) is 7.37 Å². The van der Waals surface area contributed by atoms with Crippen LogP contribution in [-0.2, 0) is 9.36 Å². The van der Waals surface area contributed by atoms with E-state index in [1.165, 1.54) is 0 Å². The third kappa shape index (κ3) is 4.75. The van der Waals surface area contributed by atoms with E-state index in [2.05, 4.69) is 5.73 Å². The summed E-state index contributed by atoms with van der Waals surface area (Å²) in [6, 6.07) is 8.77. The SMILES string of the molecule is CC(C)C[C@H](CP(=O)(O)[C@H]([NH3+])c1ccccc1)C(=O)[O-]. The zero-order valence-corrected chi connectivity index (χ0v) is 12.8. The summed E-state index contributed by atoms with van der Waals surface area (Å²) in [5, 5.41) is 11.1. The van der Waals surface area contributed by atoms with E-state index in [9.17, 15) is 19.4 Å². The van der Waals surface area contributed by atoms with Gasteiger partial charge in [0, 0.05) is 23.6 Å². The summed E-state index contributed by atoms with van der Waals surface area (Å²) < 4.78 is 12.4. The van der Waals surface area contributed by atoms with Crippen molar-refractivity contribution in [3.8, 4) is 0 Å². The van der Waals surface area contributed by atoms with Crippen molar-refractivity contribution in [2.24, 2.45) is 11.8 Å². The Morgan fingerprint density at radius 1 is 1.35 bits per heavy atom. The van der Waals surface area contributed by atoms with E-state index in [-0.39, 0.29) is 12.1 Å². The Morgan fingerprint density at radius 2 is 1.90 bits per heavy atom. The first-order valence-electron chi connectivity index (χ1n) is 6.64. The van der Waals surface area contributed by atoms with Crippen molar-refractivity contribution in [1.29, 1.82) is 0 Å². The second kappa shape index (κ2) is 7.02. The van der Waals surface area contributed by atoms with Gasteiger partial charge in [-0.1, -0.05) is 44.2 Å². The Balaban J connectivity index is 2.87. The lowest BCUT2D eigenvalue weighted by atomic mass is 9.99. The minimum Gasteiger partial charge on any atom is -0.550 e. The predicted molar refractivity (Wildman–Crippen MR) is 74.7 cm³/mol. The molecule has 3 atom stereocenters. The van der Waals surface area contributed by atoms with Crippen LogP contribution in [0.25, 0.3) is 0 Å². The van der Waals surface area contributed by atoms with E-state index in [1.807, 2.05) is 13.8 Å². The summed E-state index contributed by atoms with van der Waals surface area (Å²) in [6.07, 6.45) is 0.0327. The molecule has 0 radical (unpaired) electrons. The molecule has 6 heteroatoms. The van der Waals surface area contributed by atoms with Gasteiger partial charge in [-0.15, -0.1) is 0 Å². The van der Waals surface area contributed by atoms with Gasteiger partial charge in [-0.2, -0.15) is 0 Å². The lowest BCUT2D eigenvalue weighted by molar-refractivity contribution is -0.397. The Labute approximate surface area is 119 Å². The topological polar surface area (TPSA) is 105 Å². The molecular weight excluding hydrogens is 277 g/mol. The van der Waals surface area contributed by atoms with Crippen LogP contribution >= 0.6 is 7.37 Å². The molecule has 0 aliphatic heterocycles. The molecule has 0 aromatic heterocycles. The fourth-order valence-electron chi connectivity index (χ4n) is 2.17. The normalized spacial score (nSPS) is 17.4. The highest BCUT2D eigenvalue weighted by atomic mass is 31.2. The van der Waals surface area contributed by atoms with Crippen molar-refractivity contribution in [2.75, 3.05) is 6.16 Å². The van der Waals surface area contributed by atoms with Gasteiger partial charge in [0.1, 0.15) is 0 Å². The summed E-state index contributed by atoms with van der Waals surface area (Å²) in [5.41, 5.74) is 4.38. The van der Waals surface area contributed by atoms with Gasteiger partial charge < -0.3 is 20.5 Å². The number of carbonyl (C=O) groups excluding carboxylic acids is 1. The Bertz CT molecular complexity index is 489. The van der Waals surface area contributed by atoms with E-state index < -0.39 is 25.0 Å². The largest absolute Gasteiger partial charge is 0.550 e. The van der Waals surface area contributed by atoms with E-state index in [0.29, 0.717) is 12.0 Å². The number of aliphatic carboxylic acids is 1. The van der Waals surface area contributed by atoms with Gasteiger partial charge in [0.2, 0.25) is 0 Å². The molecule has 0 saturated heterocycles. The number of carbonyl (C=O) groups is 1. The quantitative estimate of drug-likeness (QED) is 0.719. The number of hydrogen-bond donors (Lipinski definition) is 2. The van der Waals surface area contributed by atoms with Crippen LogP contribution in [0.15, 0.2) is 30.3 Å². The second-order valence-electron chi connectivity index (χ2n) is 5.51. The molecule has 5 nitrogen and oxygen atoms in total. The van der Waals surface area contributed by atoms with Crippen molar-refractivity contribution in [3.05, 3.63) is 35.9 Å². The number of quaternary nitrogens is 1.